The molecule has 0 unspecified atom stereocenters. The Labute approximate surface area is 109 Å². The zero-order chi connectivity index (χ0) is 13.1. The Morgan fingerprint density at radius 2 is 1.06 bits per heavy atom. The minimum Gasteiger partial charge on any atom is -0.761 e. The van der Waals surface area contributed by atoms with Gasteiger partial charge in [-0.05, 0) is 38.0 Å². The molecule has 0 rings (SSSR count). The van der Waals surface area contributed by atoms with E-state index in [9.17, 15) is 20.2 Å². The third-order valence-corrected chi connectivity index (χ3v) is 1.67. The van der Waals surface area contributed by atoms with Crippen LogP contribution in [0.5, 0.6) is 0 Å². The van der Waals surface area contributed by atoms with Crippen molar-refractivity contribution in [2.45, 2.75) is 27.7 Å². The van der Waals surface area contributed by atoms with E-state index in [0.717, 1.165) is 0 Å². The standard InChI is InChI=1S/2C4H7N2O2.Ni/c2*1-3(5-7)4(2)6-8;/h2*5H,1-2H3;/q2*-1;/b2*4-3-;. The first-order valence-corrected chi connectivity index (χ1v) is 4.22. The summed E-state index contributed by atoms with van der Waals surface area (Å²) in [6.45, 7) is 5.91. The van der Waals surface area contributed by atoms with Crippen LogP contribution in [0.3, 0.4) is 0 Å². The molecule has 0 radical (unpaired) electrons. The van der Waals surface area contributed by atoms with Gasteiger partial charge >= 0.3 is 0 Å². The first kappa shape index (κ1) is 21.0. The molecule has 0 aliphatic rings. The summed E-state index contributed by atoms with van der Waals surface area (Å²) in [6, 6.07) is 0. The molecule has 0 saturated heterocycles. The molecular weight excluding hydrogens is 275 g/mol. The molecule has 17 heavy (non-hydrogen) atoms. The van der Waals surface area contributed by atoms with Crippen molar-refractivity contribution in [1.82, 2.24) is 11.0 Å². The SMILES string of the molecule is C/C(N=O)=C(\C)N[O-].C/C(N=O)=C(\C)N[O-].[Ni]. The molecule has 9 heteroatoms. The van der Waals surface area contributed by atoms with E-state index in [4.69, 9.17) is 0 Å². The van der Waals surface area contributed by atoms with E-state index in [1.54, 1.807) is 11.0 Å². The van der Waals surface area contributed by atoms with Crippen LogP contribution in [-0.4, -0.2) is 0 Å². The van der Waals surface area contributed by atoms with Crippen molar-refractivity contribution >= 4 is 0 Å². The normalized spacial score (nSPS) is 11.6. The molecule has 8 nitrogen and oxygen atoms in total. The molecule has 0 spiro atoms. The van der Waals surface area contributed by atoms with Gasteiger partial charge in [0.05, 0.1) is 11.4 Å². The first-order chi connectivity index (χ1) is 7.44. The van der Waals surface area contributed by atoms with Crippen LogP contribution in [0.1, 0.15) is 27.7 Å². The van der Waals surface area contributed by atoms with Gasteiger partial charge < -0.3 is 21.4 Å². The number of hydrogen-bond acceptors (Lipinski definition) is 8. The molecule has 0 aliphatic heterocycles. The van der Waals surface area contributed by atoms with E-state index in [1.165, 1.54) is 27.7 Å². The fourth-order valence-electron chi connectivity index (χ4n) is 0.285. The number of nitroso groups, excluding NO2 is 2. The fraction of sp³-hybridized carbons (Fsp3) is 0.500. The van der Waals surface area contributed by atoms with Gasteiger partial charge in [-0.3, -0.25) is 0 Å². The maximum atomic E-state index is 9.72. The van der Waals surface area contributed by atoms with Crippen LogP contribution in [0, 0.1) is 20.2 Å². The van der Waals surface area contributed by atoms with Crippen molar-refractivity contribution in [2.75, 3.05) is 0 Å². The fourth-order valence-corrected chi connectivity index (χ4v) is 0.285. The van der Waals surface area contributed by atoms with Gasteiger partial charge in [-0.15, -0.1) is 9.81 Å². The van der Waals surface area contributed by atoms with E-state index < -0.39 is 0 Å². The number of nitrogens with zero attached hydrogens (tertiary/aromatic N) is 2. The Bertz CT molecular complexity index is 274. The zero-order valence-electron chi connectivity index (χ0n) is 9.84. The Morgan fingerprint density at radius 1 is 0.824 bits per heavy atom. The van der Waals surface area contributed by atoms with Crippen LogP contribution in [0.2, 0.25) is 0 Å². The van der Waals surface area contributed by atoms with Crippen molar-refractivity contribution in [3.8, 4) is 0 Å². The number of nitrogens with one attached hydrogen (secondary N) is 2. The van der Waals surface area contributed by atoms with Gasteiger partial charge in [-0.2, -0.15) is 0 Å². The minimum atomic E-state index is 0. The van der Waals surface area contributed by atoms with Gasteiger partial charge in [0.2, 0.25) is 0 Å². The summed E-state index contributed by atoms with van der Waals surface area (Å²) in [6.07, 6.45) is 0. The maximum Gasteiger partial charge on any atom is 0.0995 e. The summed E-state index contributed by atoms with van der Waals surface area (Å²) in [5, 5.41) is 24.5. The molecule has 0 saturated carbocycles. The van der Waals surface area contributed by atoms with Crippen LogP contribution in [0.4, 0.5) is 0 Å². The second-order valence-electron chi connectivity index (χ2n) is 2.81. The monoisotopic (exact) mass is 288 g/mol. The summed E-state index contributed by atoms with van der Waals surface area (Å²) in [5.41, 5.74) is 4.02. The van der Waals surface area contributed by atoms with Crippen molar-refractivity contribution in [3.05, 3.63) is 43.0 Å². The van der Waals surface area contributed by atoms with Crippen molar-refractivity contribution in [3.63, 3.8) is 0 Å². The van der Waals surface area contributed by atoms with Crippen molar-refractivity contribution < 1.29 is 16.5 Å². The van der Waals surface area contributed by atoms with Crippen LogP contribution < -0.4 is 11.0 Å². The predicted octanol–water partition coefficient (Wildman–Crippen LogP) is 2.18. The summed E-state index contributed by atoms with van der Waals surface area (Å²) in [7, 11) is 0. The molecular formula is C8H14N4NiO4-2. The molecule has 0 bridgehead atoms. The van der Waals surface area contributed by atoms with Crippen molar-refractivity contribution in [2.24, 2.45) is 10.4 Å². The first-order valence-electron chi connectivity index (χ1n) is 4.22. The van der Waals surface area contributed by atoms with Crippen LogP contribution >= 0.6 is 0 Å². The average Bonchev–Trinajstić information content (AvgIpc) is 2.35. The van der Waals surface area contributed by atoms with Crippen molar-refractivity contribution in [1.29, 1.82) is 0 Å². The Morgan fingerprint density at radius 3 is 1.12 bits per heavy atom. The van der Waals surface area contributed by atoms with E-state index >= 15 is 0 Å². The predicted molar refractivity (Wildman–Crippen MR) is 61.3 cm³/mol. The second kappa shape index (κ2) is 12.8. The zero-order valence-corrected chi connectivity index (χ0v) is 10.8. The van der Waals surface area contributed by atoms with Crippen LogP contribution in [0.25, 0.3) is 0 Å². The Hall–Kier alpha value is -1.31. The number of hydrogen-bond donors (Lipinski definition) is 2. The smallest absolute Gasteiger partial charge is 0.0995 e. The molecule has 2 N–H and O–H groups in total. The van der Waals surface area contributed by atoms with Crippen LogP contribution in [0.15, 0.2) is 33.1 Å². The number of hydroxylamine groups is 2. The third kappa shape index (κ3) is 11.0. The molecule has 0 atom stereocenters. The summed E-state index contributed by atoms with van der Waals surface area (Å²) >= 11 is 0. The van der Waals surface area contributed by atoms with E-state index in [1.807, 2.05) is 0 Å². The summed E-state index contributed by atoms with van der Waals surface area (Å²) in [4.78, 5) is 19.2. The molecule has 0 aromatic rings. The van der Waals surface area contributed by atoms with E-state index in [2.05, 4.69) is 10.4 Å². The Balaban J connectivity index is -0.000000218. The topological polar surface area (TPSA) is 129 Å². The van der Waals surface area contributed by atoms with Gasteiger partial charge in [0.25, 0.3) is 0 Å². The van der Waals surface area contributed by atoms with Gasteiger partial charge in [-0.1, -0.05) is 0 Å². The molecule has 0 aromatic heterocycles. The molecule has 0 heterocycles. The minimum absolute atomic E-state index is 0. The second-order valence-corrected chi connectivity index (χ2v) is 2.81. The third-order valence-electron chi connectivity index (χ3n) is 1.67. The van der Waals surface area contributed by atoms with Gasteiger partial charge in [0.15, 0.2) is 0 Å². The molecule has 0 aliphatic carbocycles. The quantitative estimate of drug-likeness (QED) is 0.463. The molecule has 102 valence electrons. The summed E-state index contributed by atoms with van der Waals surface area (Å²) < 4.78 is 0. The van der Waals surface area contributed by atoms with E-state index in [-0.39, 0.29) is 39.3 Å². The maximum absolute atomic E-state index is 9.72. The average molecular weight is 289 g/mol. The summed E-state index contributed by atoms with van der Waals surface area (Å²) in [5.74, 6) is 0. The molecule has 0 fully saturated rings. The largest absolute Gasteiger partial charge is 0.761 e. The van der Waals surface area contributed by atoms with E-state index in [0.29, 0.717) is 0 Å². The van der Waals surface area contributed by atoms with Gasteiger partial charge in [-0.25, -0.2) is 0 Å². The number of rotatable bonds is 4. The Kier molecular flexibility index (Phi) is 15.8. The van der Waals surface area contributed by atoms with Crippen LogP contribution in [-0.2, 0) is 16.5 Å². The number of allylic oxidation sites excluding steroid dienone is 4. The van der Waals surface area contributed by atoms with Gasteiger partial charge in [0, 0.05) is 27.9 Å². The molecule has 0 amide bonds. The molecule has 0 aromatic carbocycles. The van der Waals surface area contributed by atoms with Gasteiger partial charge in [0.1, 0.15) is 0 Å².